The van der Waals surface area contributed by atoms with E-state index in [0.29, 0.717) is 30.5 Å². The van der Waals surface area contributed by atoms with Crippen LogP contribution in [0.1, 0.15) is 29.0 Å². The lowest BCUT2D eigenvalue weighted by Crippen LogP contribution is -2.49. The largest absolute Gasteiger partial charge is 0.491 e. The first-order valence-electron chi connectivity index (χ1n) is 11.8. The number of piperazine rings is 1. The highest BCUT2D eigenvalue weighted by molar-refractivity contribution is 6.33. The van der Waals surface area contributed by atoms with E-state index in [0.717, 1.165) is 36.6 Å². The molecule has 1 aromatic heterocycles. The van der Waals surface area contributed by atoms with Gasteiger partial charge in [-0.05, 0) is 23.8 Å². The molecule has 186 valence electrons. The predicted octanol–water partition coefficient (Wildman–Crippen LogP) is 3.85. The number of ether oxygens (including phenoxy) is 2. The van der Waals surface area contributed by atoms with Crippen LogP contribution in [0.3, 0.4) is 0 Å². The Morgan fingerprint density at radius 1 is 1.09 bits per heavy atom. The van der Waals surface area contributed by atoms with Crippen molar-refractivity contribution in [2.45, 2.75) is 18.8 Å². The van der Waals surface area contributed by atoms with Crippen LogP contribution >= 0.6 is 11.6 Å². The van der Waals surface area contributed by atoms with Crippen molar-refractivity contribution in [3.8, 4) is 5.75 Å². The van der Waals surface area contributed by atoms with Gasteiger partial charge in [0.2, 0.25) is 0 Å². The minimum atomic E-state index is -0.662. The monoisotopic (exact) mass is 497 g/mol. The first-order chi connectivity index (χ1) is 17.1. The Kier molecular flexibility index (Phi) is 8.95. The molecule has 1 aliphatic rings. The van der Waals surface area contributed by atoms with Gasteiger partial charge in [-0.15, -0.1) is 0 Å². The predicted molar refractivity (Wildman–Crippen MR) is 137 cm³/mol. The average molecular weight is 498 g/mol. The third kappa shape index (κ3) is 6.51. The van der Waals surface area contributed by atoms with Crippen molar-refractivity contribution in [3.63, 3.8) is 0 Å². The summed E-state index contributed by atoms with van der Waals surface area (Å²) in [7, 11) is 1.64. The van der Waals surface area contributed by atoms with E-state index in [4.69, 9.17) is 21.1 Å². The van der Waals surface area contributed by atoms with Crippen molar-refractivity contribution in [2.24, 2.45) is 0 Å². The first-order valence-corrected chi connectivity index (χ1v) is 12.2. The van der Waals surface area contributed by atoms with Crippen molar-refractivity contribution in [2.75, 3.05) is 51.4 Å². The number of rotatable bonds is 10. The van der Waals surface area contributed by atoms with Crippen molar-refractivity contribution >= 4 is 17.3 Å². The van der Waals surface area contributed by atoms with Gasteiger partial charge in [0, 0.05) is 51.1 Å². The number of aromatic nitrogens is 1. The molecule has 1 unspecified atom stereocenters. The molecule has 0 spiro atoms. The summed E-state index contributed by atoms with van der Waals surface area (Å²) in [6.45, 7) is 3.66. The normalized spacial score (nSPS) is 17.4. The minimum absolute atomic E-state index is 0.0739. The molecule has 7 nitrogen and oxygen atoms in total. The summed E-state index contributed by atoms with van der Waals surface area (Å²) in [6, 6.07) is 19.8. The molecule has 35 heavy (non-hydrogen) atoms. The summed E-state index contributed by atoms with van der Waals surface area (Å²) in [5.41, 5.74) is 3.49. The fraction of sp³-hybridized carbons (Fsp3) is 0.370. The number of aliphatic hydroxyl groups excluding tert-OH is 2. The van der Waals surface area contributed by atoms with Gasteiger partial charge in [-0.25, -0.2) is 0 Å². The fourth-order valence-corrected chi connectivity index (χ4v) is 4.66. The zero-order valence-corrected chi connectivity index (χ0v) is 20.6. The molecule has 0 saturated carbocycles. The second-order valence-electron chi connectivity index (χ2n) is 8.59. The standard InChI is InChI=1S/C27H32ClN3O4/c1-34-13-14-35-23-9-10-25(24(28)15-23)31-12-11-30(17-26(31)20-5-3-2-4-6-20)18-27(33)21-7-8-22(19-32)29-16-21/h2-10,15-16,26-27,32-33H,11-14,17-19H2,1H3/t26-,27?/m0/s1. The van der Waals surface area contributed by atoms with E-state index in [2.05, 4.69) is 26.9 Å². The van der Waals surface area contributed by atoms with E-state index in [1.54, 1.807) is 19.4 Å². The maximum atomic E-state index is 10.8. The van der Waals surface area contributed by atoms with Gasteiger partial charge in [0.1, 0.15) is 12.4 Å². The molecular weight excluding hydrogens is 466 g/mol. The highest BCUT2D eigenvalue weighted by Gasteiger charge is 2.30. The zero-order chi connectivity index (χ0) is 24.6. The first kappa shape index (κ1) is 25.4. The summed E-state index contributed by atoms with van der Waals surface area (Å²) >= 11 is 6.72. The Hall–Kier alpha value is -2.68. The third-order valence-corrected chi connectivity index (χ3v) is 6.56. The quantitative estimate of drug-likeness (QED) is 0.412. The molecule has 3 aromatic rings. The van der Waals surface area contributed by atoms with Crippen LogP contribution in [0.15, 0.2) is 66.9 Å². The lowest BCUT2D eigenvalue weighted by atomic mass is 10.0. The Morgan fingerprint density at radius 3 is 2.60 bits per heavy atom. The number of pyridine rings is 1. The molecule has 0 radical (unpaired) electrons. The summed E-state index contributed by atoms with van der Waals surface area (Å²) in [6.07, 6.45) is 0.974. The van der Waals surface area contributed by atoms with Crippen molar-refractivity contribution in [1.82, 2.24) is 9.88 Å². The van der Waals surface area contributed by atoms with Gasteiger partial charge in [-0.3, -0.25) is 9.88 Å². The molecule has 0 bridgehead atoms. The van der Waals surface area contributed by atoms with Crippen molar-refractivity contribution in [1.29, 1.82) is 0 Å². The van der Waals surface area contributed by atoms with E-state index in [1.165, 1.54) is 5.56 Å². The number of halogens is 1. The van der Waals surface area contributed by atoms with Crippen LogP contribution in [-0.4, -0.2) is 66.6 Å². The maximum absolute atomic E-state index is 10.8. The van der Waals surface area contributed by atoms with Gasteiger partial charge in [0.25, 0.3) is 0 Å². The van der Waals surface area contributed by atoms with Crippen molar-refractivity contribution in [3.05, 3.63) is 88.7 Å². The Balaban J connectivity index is 1.50. The van der Waals surface area contributed by atoms with Gasteiger partial charge in [-0.1, -0.05) is 48.0 Å². The van der Waals surface area contributed by atoms with E-state index in [1.807, 2.05) is 42.5 Å². The van der Waals surface area contributed by atoms with Gasteiger partial charge >= 0.3 is 0 Å². The highest BCUT2D eigenvalue weighted by Crippen LogP contribution is 2.37. The van der Waals surface area contributed by atoms with Gasteiger partial charge in [-0.2, -0.15) is 0 Å². The number of hydrogen-bond acceptors (Lipinski definition) is 7. The minimum Gasteiger partial charge on any atom is -0.491 e. The second-order valence-corrected chi connectivity index (χ2v) is 9.00. The van der Waals surface area contributed by atoms with Crippen LogP contribution in [0.4, 0.5) is 5.69 Å². The molecule has 1 saturated heterocycles. The van der Waals surface area contributed by atoms with E-state index in [9.17, 15) is 10.2 Å². The average Bonchev–Trinajstić information content (AvgIpc) is 2.90. The molecule has 2 heterocycles. The van der Waals surface area contributed by atoms with Crippen LogP contribution in [0.2, 0.25) is 5.02 Å². The number of hydrogen-bond donors (Lipinski definition) is 2. The maximum Gasteiger partial charge on any atom is 0.121 e. The summed E-state index contributed by atoms with van der Waals surface area (Å²) in [5, 5.41) is 20.7. The van der Waals surface area contributed by atoms with Crippen LogP contribution < -0.4 is 9.64 Å². The molecule has 1 aliphatic heterocycles. The number of benzene rings is 2. The molecule has 2 atom stereocenters. The van der Waals surface area contributed by atoms with E-state index >= 15 is 0 Å². The molecule has 8 heteroatoms. The molecule has 1 fully saturated rings. The number of methoxy groups -OCH3 is 1. The Bertz CT molecular complexity index is 1070. The van der Waals surface area contributed by atoms with Crippen LogP contribution in [0, 0.1) is 0 Å². The number of nitrogens with zero attached hydrogens (tertiary/aromatic N) is 3. The lowest BCUT2D eigenvalue weighted by molar-refractivity contribution is 0.100. The number of β-amino-alcohol motifs (C(OH)–C–C–N with tert-alkyl or cyclic N) is 1. The summed E-state index contributed by atoms with van der Waals surface area (Å²) in [5.74, 6) is 0.717. The summed E-state index contributed by atoms with van der Waals surface area (Å²) < 4.78 is 10.8. The number of aliphatic hydroxyl groups is 2. The van der Waals surface area contributed by atoms with Crippen LogP contribution in [0.25, 0.3) is 0 Å². The topological polar surface area (TPSA) is 78.3 Å². The fourth-order valence-electron chi connectivity index (χ4n) is 4.38. The highest BCUT2D eigenvalue weighted by atomic mass is 35.5. The second kappa shape index (κ2) is 12.3. The smallest absolute Gasteiger partial charge is 0.121 e. The van der Waals surface area contributed by atoms with E-state index < -0.39 is 6.10 Å². The number of anilines is 1. The van der Waals surface area contributed by atoms with Gasteiger partial charge in [0.15, 0.2) is 0 Å². The molecular formula is C27H32ClN3O4. The molecule has 4 rings (SSSR count). The van der Waals surface area contributed by atoms with Crippen LogP contribution in [-0.2, 0) is 11.3 Å². The van der Waals surface area contributed by atoms with Gasteiger partial charge in [0.05, 0.1) is 41.8 Å². The SMILES string of the molecule is COCCOc1ccc(N2CCN(CC(O)c3ccc(CO)nc3)C[C@H]2c2ccccc2)c(Cl)c1. The van der Waals surface area contributed by atoms with E-state index in [-0.39, 0.29) is 12.6 Å². The van der Waals surface area contributed by atoms with Crippen molar-refractivity contribution < 1.29 is 19.7 Å². The molecule has 0 aliphatic carbocycles. The van der Waals surface area contributed by atoms with Gasteiger partial charge < -0.3 is 24.6 Å². The lowest BCUT2D eigenvalue weighted by Gasteiger charge is -2.44. The Labute approximate surface area is 211 Å². The molecule has 2 aromatic carbocycles. The summed E-state index contributed by atoms with van der Waals surface area (Å²) in [4.78, 5) is 8.80. The molecule has 2 N–H and O–H groups in total. The zero-order valence-electron chi connectivity index (χ0n) is 19.9. The third-order valence-electron chi connectivity index (χ3n) is 6.26. The van der Waals surface area contributed by atoms with Crippen LogP contribution in [0.5, 0.6) is 5.75 Å². The molecule has 0 amide bonds. The Morgan fingerprint density at radius 2 is 1.91 bits per heavy atom.